The van der Waals surface area contributed by atoms with Crippen molar-refractivity contribution in [1.82, 2.24) is 9.78 Å². The molecule has 0 saturated heterocycles. The molecule has 3 rings (SSSR count). The number of hydrogen-bond donors (Lipinski definition) is 1. The van der Waals surface area contributed by atoms with Crippen molar-refractivity contribution in [3.63, 3.8) is 0 Å². The smallest absolute Gasteiger partial charge is 0.226 e. The molecule has 1 amide bonds. The second-order valence-electron chi connectivity index (χ2n) is 7.52. The zero-order valence-electron chi connectivity index (χ0n) is 18.0. The molecule has 5 nitrogen and oxygen atoms in total. The lowest BCUT2D eigenvalue weighted by molar-refractivity contribution is -0.116. The summed E-state index contributed by atoms with van der Waals surface area (Å²) in [7, 11) is 0. The van der Waals surface area contributed by atoms with E-state index in [1.165, 1.54) is 16.8 Å². The number of amides is 1. The van der Waals surface area contributed by atoms with Crippen LogP contribution in [-0.2, 0) is 4.79 Å². The number of nitrogens with one attached hydrogen (secondary N) is 1. The molecule has 29 heavy (non-hydrogen) atoms. The summed E-state index contributed by atoms with van der Waals surface area (Å²) < 4.78 is 1.87. The molecule has 1 aromatic heterocycles. The van der Waals surface area contributed by atoms with Crippen LogP contribution in [0.25, 0.3) is 5.69 Å². The number of para-hydroxylation sites is 1. The first-order valence-electron chi connectivity index (χ1n) is 10.1. The van der Waals surface area contributed by atoms with Gasteiger partial charge in [-0.25, -0.2) is 4.68 Å². The fraction of sp³-hybridized carbons (Fsp3) is 0.333. The Morgan fingerprint density at radius 2 is 1.69 bits per heavy atom. The summed E-state index contributed by atoms with van der Waals surface area (Å²) in [6.45, 7) is 11.8. The monoisotopic (exact) mass is 390 g/mol. The van der Waals surface area contributed by atoms with Crippen LogP contribution in [0.4, 0.5) is 11.4 Å². The standard InChI is InChI=1S/C24H30N4O/c1-6-27(22-15-17(2)14-18(3)16-22)13-12-23(29)25-24-19(4)26-28(20(24)5)21-10-8-7-9-11-21/h7-11,14-16H,6,12-13H2,1-5H3,(H,25,29). The molecule has 0 radical (unpaired) electrons. The van der Waals surface area contributed by atoms with Crippen LogP contribution in [0, 0.1) is 27.7 Å². The number of aryl methyl sites for hydroxylation is 3. The lowest BCUT2D eigenvalue weighted by Crippen LogP contribution is -2.27. The maximum atomic E-state index is 12.7. The summed E-state index contributed by atoms with van der Waals surface area (Å²) in [4.78, 5) is 14.9. The van der Waals surface area contributed by atoms with E-state index in [4.69, 9.17) is 0 Å². The van der Waals surface area contributed by atoms with Crippen LogP contribution in [0.5, 0.6) is 0 Å². The van der Waals surface area contributed by atoms with Gasteiger partial charge >= 0.3 is 0 Å². The summed E-state index contributed by atoms with van der Waals surface area (Å²) in [5.41, 5.74) is 7.19. The molecule has 0 aliphatic carbocycles. The Bertz CT molecular complexity index is 971. The third kappa shape index (κ3) is 4.86. The Hall–Kier alpha value is -3.08. The van der Waals surface area contributed by atoms with Gasteiger partial charge in [-0.15, -0.1) is 0 Å². The zero-order chi connectivity index (χ0) is 21.0. The highest BCUT2D eigenvalue weighted by Crippen LogP contribution is 2.23. The number of anilines is 2. The highest BCUT2D eigenvalue weighted by Gasteiger charge is 2.16. The summed E-state index contributed by atoms with van der Waals surface area (Å²) in [6.07, 6.45) is 0.427. The minimum atomic E-state index is 0.00615. The number of aromatic nitrogens is 2. The van der Waals surface area contributed by atoms with Gasteiger partial charge in [0.2, 0.25) is 5.91 Å². The van der Waals surface area contributed by atoms with Crippen LogP contribution in [0.3, 0.4) is 0 Å². The third-order valence-corrected chi connectivity index (χ3v) is 5.12. The molecule has 152 valence electrons. The first-order valence-corrected chi connectivity index (χ1v) is 10.1. The fourth-order valence-corrected chi connectivity index (χ4v) is 3.69. The Morgan fingerprint density at radius 1 is 1.03 bits per heavy atom. The predicted octanol–water partition coefficient (Wildman–Crippen LogP) is 4.96. The second kappa shape index (κ2) is 8.95. The summed E-state index contributed by atoms with van der Waals surface area (Å²) in [5, 5.41) is 7.68. The molecule has 1 heterocycles. The largest absolute Gasteiger partial charge is 0.371 e. The first kappa shape index (κ1) is 20.6. The van der Waals surface area contributed by atoms with E-state index in [1.807, 2.05) is 48.9 Å². The maximum Gasteiger partial charge on any atom is 0.226 e. The summed E-state index contributed by atoms with van der Waals surface area (Å²) >= 11 is 0. The first-order chi connectivity index (χ1) is 13.9. The molecule has 0 saturated carbocycles. The molecule has 0 aliphatic rings. The Morgan fingerprint density at radius 3 is 2.31 bits per heavy atom. The number of rotatable bonds is 7. The van der Waals surface area contributed by atoms with E-state index in [0.717, 1.165) is 29.3 Å². The SMILES string of the molecule is CCN(CCC(=O)Nc1c(C)nn(-c2ccccc2)c1C)c1cc(C)cc(C)c1. The van der Waals surface area contributed by atoms with Crippen LogP contribution < -0.4 is 10.2 Å². The Balaban J connectivity index is 1.68. The number of carbonyl (C=O) groups is 1. The van der Waals surface area contributed by atoms with Gasteiger partial charge in [-0.1, -0.05) is 24.3 Å². The minimum Gasteiger partial charge on any atom is -0.371 e. The lowest BCUT2D eigenvalue weighted by atomic mass is 10.1. The van der Waals surface area contributed by atoms with Gasteiger partial charge in [-0.05, 0) is 70.0 Å². The average molecular weight is 391 g/mol. The Labute approximate surface area is 173 Å². The van der Waals surface area contributed by atoms with Crippen molar-refractivity contribution in [3.05, 3.63) is 71.0 Å². The van der Waals surface area contributed by atoms with E-state index in [-0.39, 0.29) is 5.91 Å². The molecule has 5 heteroatoms. The molecule has 0 spiro atoms. The topological polar surface area (TPSA) is 50.2 Å². The molecular formula is C24H30N4O. The van der Waals surface area contributed by atoms with Crippen molar-refractivity contribution in [3.8, 4) is 5.69 Å². The van der Waals surface area contributed by atoms with Crippen molar-refractivity contribution in [2.45, 2.75) is 41.0 Å². The predicted molar refractivity (Wildman–Crippen MR) is 120 cm³/mol. The van der Waals surface area contributed by atoms with Crippen molar-refractivity contribution in [1.29, 1.82) is 0 Å². The fourth-order valence-electron chi connectivity index (χ4n) is 3.69. The molecule has 3 aromatic rings. The second-order valence-corrected chi connectivity index (χ2v) is 7.52. The van der Waals surface area contributed by atoms with Gasteiger partial charge in [0.05, 0.1) is 22.8 Å². The molecule has 0 unspecified atom stereocenters. The van der Waals surface area contributed by atoms with Gasteiger partial charge in [-0.2, -0.15) is 5.10 Å². The molecular weight excluding hydrogens is 360 g/mol. The van der Waals surface area contributed by atoms with E-state index >= 15 is 0 Å². The number of nitrogens with zero attached hydrogens (tertiary/aromatic N) is 3. The number of hydrogen-bond acceptors (Lipinski definition) is 3. The molecule has 0 atom stereocenters. The van der Waals surface area contributed by atoms with Crippen molar-refractivity contribution in [2.75, 3.05) is 23.3 Å². The van der Waals surface area contributed by atoms with Crippen LogP contribution in [0.1, 0.15) is 35.9 Å². The summed E-state index contributed by atoms with van der Waals surface area (Å²) in [5.74, 6) is 0.00615. The van der Waals surface area contributed by atoms with Gasteiger partial charge in [0.25, 0.3) is 0 Å². The van der Waals surface area contributed by atoms with Gasteiger partial charge in [0.15, 0.2) is 0 Å². The van der Waals surface area contributed by atoms with Crippen LogP contribution in [-0.4, -0.2) is 28.8 Å². The van der Waals surface area contributed by atoms with Gasteiger partial charge in [0.1, 0.15) is 0 Å². The molecule has 2 aromatic carbocycles. The van der Waals surface area contributed by atoms with Gasteiger partial charge in [0, 0.05) is 25.2 Å². The van der Waals surface area contributed by atoms with E-state index in [0.29, 0.717) is 13.0 Å². The van der Waals surface area contributed by atoms with Crippen LogP contribution >= 0.6 is 0 Å². The van der Waals surface area contributed by atoms with Crippen LogP contribution in [0.15, 0.2) is 48.5 Å². The minimum absolute atomic E-state index is 0.00615. The lowest BCUT2D eigenvalue weighted by Gasteiger charge is -2.24. The zero-order valence-corrected chi connectivity index (χ0v) is 18.0. The van der Waals surface area contributed by atoms with Crippen molar-refractivity contribution >= 4 is 17.3 Å². The van der Waals surface area contributed by atoms with E-state index in [9.17, 15) is 4.79 Å². The highest BCUT2D eigenvalue weighted by molar-refractivity contribution is 5.92. The number of benzene rings is 2. The maximum absolute atomic E-state index is 12.7. The molecule has 0 fully saturated rings. The molecule has 0 bridgehead atoms. The van der Waals surface area contributed by atoms with Gasteiger partial charge in [-0.3, -0.25) is 4.79 Å². The molecule has 0 aliphatic heterocycles. The Kier molecular flexibility index (Phi) is 6.37. The van der Waals surface area contributed by atoms with Gasteiger partial charge < -0.3 is 10.2 Å². The van der Waals surface area contributed by atoms with E-state index < -0.39 is 0 Å². The van der Waals surface area contributed by atoms with Crippen molar-refractivity contribution in [2.24, 2.45) is 0 Å². The van der Waals surface area contributed by atoms with E-state index in [2.05, 4.69) is 54.3 Å². The molecule has 1 N–H and O–H groups in total. The number of carbonyl (C=O) groups excluding carboxylic acids is 1. The van der Waals surface area contributed by atoms with Crippen molar-refractivity contribution < 1.29 is 4.79 Å². The van der Waals surface area contributed by atoms with Crippen LogP contribution in [0.2, 0.25) is 0 Å². The van der Waals surface area contributed by atoms with E-state index in [1.54, 1.807) is 0 Å². The quantitative estimate of drug-likeness (QED) is 0.620. The average Bonchev–Trinajstić information content (AvgIpc) is 2.96. The normalized spacial score (nSPS) is 10.8. The highest BCUT2D eigenvalue weighted by atomic mass is 16.1. The summed E-state index contributed by atoms with van der Waals surface area (Å²) in [6, 6.07) is 16.5. The third-order valence-electron chi connectivity index (χ3n) is 5.12.